The van der Waals surface area contributed by atoms with Crippen molar-refractivity contribution in [3.63, 3.8) is 0 Å². The van der Waals surface area contributed by atoms with Gasteiger partial charge in [-0.1, -0.05) is 35.9 Å². The molecule has 0 amide bonds. The minimum atomic E-state index is -0.479. The van der Waals surface area contributed by atoms with Gasteiger partial charge in [-0.05, 0) is 43.2 Å². The molecule has 1 aromatic heterocycles. The molecule has 0 radical (unpaired) electrons. The van der Waals surface area contributed by atoms with E-state index in [2.05, 4.69) is 46.9 Å². The molecule has 134 valence electrons. The van der Waals surface area contributed by atoms with E-state index in [4.69, 9.17) is 0 Å². The summed E-state index contributed by atoms with van der Waals surface area (Å²) in [4.78, 5) is 2.19. The van der Waals surface area contributed by atoms with Crippen LogP contribution in [0, 0.1) is 18.6 Å². The Morgan fingerprint density at radius 3 is 2.50 bits per heavy atom. The van der Waals surface area contributed by atoms with Gasteiger partial charge in [-0.2, -0.15) is 0 Å². The Balaban J connectivity index is 1.79. The Kier molecular flexibility index (Phi) is 4.60. The molecular formula is C22H22F2N2. The maximum absolute atomic E-state index is 14.3. The first kappa shape index (κ1) is 17.0. The molecule has 0 spiro atoms. The maximum Gasteiger partial charge on any atom is 0.130 e. The monoisotopic (exact) mass is 352 g/mol. The third kappa shape index (κ3) is 3.17. The maximum atomic E-state index is 14.3. The van der Waals surface area contributed by atoms with Crippen LogP contribution in [-0.2, 0) is 13.1 Å². The van der Waals surface area contributed by atoms with Crippen LogP contribution in [0.2, 0.25) is 0 Å². The van der Waals surface area contributed by atoms with Crippen LogP contribution in [0.4, 0.5) is 8.78 Å². The highest BCUT2D eigenvalue weighted by molar-refractivity contribution is 5.33. The summed E-state index contributed by atoms with van der Waals surface area (Å²) in [5.74, 6) is -0.958. The number of halogens is 2. The fraction of sp³-hybridized carbons (Fsp3) is 0.273. The fourth-order valence-corrected chi connectivity index (χ4v) is 3.92. The Bertz CT molecular complexity index is 896. The van der Waals surface area contributed by atoms with E-state index in [0.717, 1.165) is 25.1 Å². The van der Waals surface area contributed by atoms with Crippen LogP contribution in [0.3, 0.4) is 0 Å². The van der Waals surface area contributed by atoms with Crippen molar-refractivity contribution in [2.75, 3.05) is 6.54 Å². The van der Waals surface area contributed by atoms with Crippen LogP contribution >= 0.6 is 0 Å². The average Bonchev–Trinajstić information content (AvgIpc) is 2.99. The molecule has 1 atom stereocenters. The van der Waals surface area contributed by atoms with Crippen molar-refractivity contribution in [3.8, 4) is 0 Å². The van der Waals surface area contributed by atoms with Gasteiger partial charge in [0, 0.05) is 37.1 Å². The van der Waals surface area contributed by atoms with Crippen molar-refractivity contribution in [2.45, 2.75) is 32.5 Å². The first-order valence-corrected chi connectivity index (χ1v) is 9.02. The lowest BCUT2D eigenvalue weighted by Gasteiger charge is -2.31. The number of nitrogens with zero attached hydrogens (tertiary/aromatic N) is 2. The first-order chi connectivity index (χ1) is 12.6. The van der Waals surface area contributed by atoms with E-state index in [9.17, 15) is 8.78 Å². The number of aromatic nitrogens is 1. The summed E-state index contributed by atoms with van der Waals surface area (Å²) in [5.41, 5.74) is 3.65. The summed E-state index contributed by atoms with van der Waals surface area (Å²) in [6.45, 7) is 4.03. The smallest absolute Gasteiger partial charge is 0.130 e. The van der Waals surface area contributed by atoms with Crippen molar-refractivity contribution < 1.29 is 8.78 Å². The molecular weight excluding hydrogens is 330 g/mol. The van der Waals surface area contributed by atoms with E-state index in [-0.39, 0.29) is 18.2 Å². The van der Waals surface area contributed by atoms with Gasteiger partial charge in [-0.15, -0.1) is 0 Å². The Hall–Kier alpha value is -2.46. The van der Waals surface area contributed by atoms with Crippen LogP contribution in [0.1, 0.15) is 34.8 Å². The lowest BCUT2D eigenvalue weighted by atomic mass is 9.99. The van der Waals surface area contributed by atoms with Gasteiger partial charge in [0.05, 0.1) is 6.04 Å². The van der Waals surface area contributed by atoms with Gasteiger partial charge < -0.3 is 4.57 Å². The quantitative estimate of drug-likeness (QED) is 0.639. The summed E-state index contributed by atoms with van der Waals surface area (Å²) >= 11 is 0. The largest absolute Gasteiger partial charge is 0.350 e. The van der Waals surface area contributed by atoms with Gasteiger partial charge in [-0.25, -0.2) is 8.78 Å². The van der Waals surface area contributed by atoms with Gasteiger partial charge in [-0.3, -0.25) is 4.90 Å². The SMILES string of the molecule is Cc1cccc([C@@H]2c3cccn3CCCN2Cc2c(F)cccc2F)c1. The Morgan fingerprint density at radius 1 is 0.962 bits per heavy atom. The molecule has 0 aliphatic carbocycles. The van der Waals surface area contributed by atoms with Crippen molar-refractivity contribution in [2.24, 2.45) is 0 Å². The van der Waals surface area contributed by atoms with E-state index >= 15 is 0 Å². The molecule has 0 bridgehead atoms. The van der Waals surface area contributed by atoms with E-state index in [1.165, 1.54) is 29.5 Å². The van der Waals surface area contributed by atoms with Crippen LogP contribution < -0.4 is 0 Å². The second-order valence-corrected chi connectivity index (χ2v) is 6.97. The predicted molar refractivity (Wildman–Crippen MR) is 98.8 cm³/mol. The average molecular weight is 352 g/mol. The van der Waals surface area contributed by atoms with Gasteiger partial charge in [0.15, 0.2) is 0 Å². The summed E-state index contributed by atoms with van der Waals surface area (Å²) < 4.78 is 30.8. The van der Waals surface area contributed by atoms with E-state index in [1.54, 1.807) is 0 Å². The topological polar surface area (TPSA) is 8.17 Å². The number of hydrogen-bond donors (Lipinski definition) is 0. The molecule has 4 heteroatoms. The molecule has 0 unspecified atom stereocenters. The second-order valence-electron chi connectivity index (χ2n) is 6.97. The summed E-state index contributed by atoms with van der Waals surface area (Å²) in [7, 11) is 0. The third-order valence-corrected chi connectivity index (χ3v) is 5.14. The first-order valence-electron chi connectivity index (χ1n) is 9.02. The predicted octanol–water partition coefficient (Wildman–Crippen LogP) is 5.07. The Labute approximate surface area is 152 Å². The highest BCUT2D eigenvalue weighted by Gasteiger charge is 2.28. The fourth-order valence-electron chi connectivity index (χ4n) is 3.92. The zero-order valence-electron chi connectivity index (χ0n) is 14.8. The summed E-state index contributed by atoms with van der Waals surface area (Å²) in [5, 5.41) is 0. The third-order valence-electron chi connectivity index (χ3n) is 5.14. The van der Waals surface area contributed by atoms with E-state index in [1.807, 2.05) is 12.1 Å². The minimum absolute atomic E-state index is 0.0218. The zero-order chi connectivity index (χ0) is 18.1. The highest BCUT2D eigenvalue weighted by Crippen LogP contribution is 2.34. The van der Waals surface area contributed by atoms with Crippen molar-refractivity contribution in [3.05, 3.63) is 94.8 Å². The molecule has 26 heavy (non-hydrogen) atoms. The molecule has 3 aromatic rings. The van der Waals surface area contributed by atoms with Crippen molar-refractivity contribution >= 4 is 0 Å². The number of fused-ring (bicyclic) bond motifs is 1. The molecule has 0 saturated heterocycles. The van der Waals surface area contributed by atoms with Crippen molar-refractivity contribution in [1.29, 1.82) is 0 Å². The summed E-state index contributed by atoms with van der Waals surface area (Å²) in [6.07, 6.45) is 3.03. The van der Waals surface area contributed by atoms with Crippen LogP contribution in [0.25, 0.3) is 0 Å². The van der Waals surface area contributed by atoms with Crippen molar-refractivity contribution in [1.82, 2.24) is 9.47 Å². The zero-order valence-corrected chi connectivity index (χ0v) is 14.8. The molecule has 2 nitrogen and oxygen atoms in total. The summed E-state index contributed by atoms with van der Waals surface area (Å²) in [6, 6.07) is 16.6. The van der Waals surface area contributed by atoms with E-state index < -0.39 is 11.6 Å². The standard InChI is InChI=1S/C22H22F2N2/c1-16-6-2-7-17(14-16)22-21-10-4-11-25(21)12-5-13-26(22)15-18-19(23)8-3-9-20(18)24/h2-4,6-11,14,22H,5,12-13,15H2,1H3/t22-/m1/s1. The van der Waals surface area contributed by atoms with Crippen LogP contribution in [0.15, 0.2) is 60.8 Å². The molecule has 2 aromatic carbocycles. The number of aryl methyl sites for hydroxylation is 2. The normalized spacial score (nSPS) is 17.7. The van der Waals surface area contributed by atoms with Gasteiger partial charge in [0.25, 0.3) is 0 Å². The molecule has 0 N–H and O–H groups in total. The molecule has 0 saturated carbocycles. The van der Waals surface area contributed by atoms with E-state index in [0.29, 0.717) is 0 Å². The van der Waals surface area contributed by atoms with Crippen LogP contribution in [0.5, 0.6) is 0 Å². The molecule has 1 aliphatic rings. The lowest BCUT2D eigenvalue weighted by Crippen LogP contribution is -2.30. The number of benzene rings is 2. The second kappa shape index (κ2) is 7.04. The van der Waals surface area contributed by atoms with Gasteiger partial charge >= 0.3 is 0 Å². The van der Waals surface area contributed by atoms with Gasteiger partial charge in [0.1, 0.15) is 11.6 Å². The molecule has 0 fully saturated rings. The molecule has 2 heterocycles. The lowest BCUT2D eigenvalue weighted by molar-refractivity contribution is 0.214. The molecule has 4 rings (SSSR count). The Morgan fingerprint density at radius 2 is 1.73 bits per heavy atom. The highest BCUT2D eigenvalue weighted by atomic mass is 19.1. The number of hydrogen-bond acceptors (Lipinski definition) is 1. The van der Waals surface area contributed by atoms with Gasteiger partial charge in [0.2, 0.25) is 0 Å². The minimum Gasteiger partial charge on any atom is -0.350 e. The molecule has 1 aliphatic heterocycles. The van der Waals surface area contributed by atoms with Crippen LogP contribution in [-0.4, -0.2) is 16.0 Å². The number of rotatable bonds is 3.